The van der Waals surface area contributed by atoms with E-state index in [9.17, 15) is 9.59 Å². The van der Waals surface area contributed by atoms with Crippen LogP contribution in [0.15, 0.2) is 17.1 Å². The van der Waals surface area contributed by atoms with Crippen molar-refractivity contribution in [1.82, 2.24) is 9.88 Å². The van der Waals surface area contributed by atoms with Gasteiger partial charge in [0, 0.05) is 25.9 Å². The fraction of sp³-hybridized carbons (Fsp3) is 0.500. The summed E-state index contributed by atoms with van der Waals surface area (Å²) < 4.78 is 4.81. The van der Waals surface area contributed by atoms with Crippen LogP contribution in [0, 0.1) is 5.92 Å². The maximum Gasteiger partial charge on any atom is 0.308 e. The van der Waals surface area contributed by atoms with Gasteiger partial charge in [-0.1, -0.05) is 0 Å². The third-order valence-corrected chi connectivity index (χ3v) is 2.69. The van der Waals surface area contributed by atoms with Gasteiger partial charge in [0.25, 0.3) is 0 Å². The van der Waals surface area contributed by atoms with Gasteiger partial charge in [-0.3, -0.25) is 9.59 Å². The molecule has 1 fully saturated rings. The molecule has 1 N–H and O–H groups in total. The van der Waals surface area contributed by atoms with Crippen LogP contribution in [0.2, 0.25) is 0 Å². The molecule has 1 unspecified atom stereocenters. The predicted molar refractivity (Wildman–Crippen MR) is 52.5 cm³/mol. The van der Waals surface area contributed by atoms with E-state index < -0.39 is 11.9 Å². The van der Waals surface area contributed by atoms with Gasteiger partial charge in [-0.2, -0.15) is 0 Å². The fourth-order valence-electron chi connectivity index (χ4n) is 1.76. The normalized spacial score (nSPS) is 20.4. The molecule has 1 atom stereocenters. The highest BCUT2D eigenvalue weighted by Gasteiger charge is 2.33. The Kier molecular flexibility index (Phi) is 2.89. The Morgan fingerprint density at radius 3 is 3.06 bits per heavy atom. The molecule has 86 valence electrons. The van der Waals surface area contributed by atoms with E-state index in [4.69, 9.17) is 9.52 Å². The van der Waals surface area contributed by atoms with Crippen molar-refractivity contribution in [2.24, 2.45) is 5.92 Å². The van der Waals surface area contributed by atoms with Crippen LogP contribution in [0.1, 0.15) is 12.1 Å². The second kappa shape index (κ2) is 4.34. The van der Waals surface area contributed by atoms with Crippen LogP contribution in [-0.2, 0) is 16.0 Å². The van der Waals surface area contributed by atoms with E-state index in [1.807, 2.05) is 0 Å². The van der Waals surface area contributed by atoms with Gasteiger partial charge in [-0.15, -0.1) is 0 Å². The van der Waals surface area contributed by atoms with Crippen LogP contribution in [0.4, 0.5) is 0 Å². The molecular weight excluding hydrogens is 212 g/mol. The first-order valence-electron chi connectivity index (χ1n) is 5.04. The number of likely N-dealkylation sites (tertiary alicyclic amines) is 1. The van der Waals surface area contributed by atoms with Crippen LogP contribution in [0.25, 0.3) is 0 Å². The lowest BCUT2D eigenvalue weighted by Crippen LogP contribution is -2.28. The third-order valence-electron chi connectivity index (χ3n) is 2.69. The highest BCUT2D eigenvalue weighted by Crippen LogP contribution is 2.18. The van der Waals surface area contributed by atoms with E-state index in [1.165, 1.54) is 12.7 Å². The Morgan fingerprint density at radius 1 is 1.69 bits per heavy atom. The summed E-state index contributed by atoms with van der Waals surface area (Å²) >= 11 is 0. The molecule has 0 saturated carbocycles. The quantitative estimate of drug-likeness (QED) is 0.787. The van der Waals surface area contributed by atoms with Crippen molar-refractivity contribution in [3.05, 3.63) is 18.4 Å². The van der Waals surface area contributed by atoms with Gasteiger partial charge in [0.05, 0.1) is 11.6 Å². The fourth-order valence-corrected chi connectivity index (χ4v) is 1.76. The number of carbonyl (C=O) groups is 2. The van der Waals surface area contributed by atoms with Crippen LogP contribution in [-0.4, -0.2) is 40.0 Å². The molecule has 16 heavy (non-hydrogen) atoms. The first-order chi connectivity index (χ1) is 7.66. The average Bonchev–Trinajstić information content (AvgIpc) is 2.84. The second-order valence-corrected chi connectivity index (χ2v) is 3.81. The first-order valence-corrected chi connectivity index (χ1v) is 5.04. The number of nitrogens with zero attached hydrogens (tertiary/aromatic N) is 2. The molecule has 0 bridgehead atoms. The molecule has 1 amide bonds. The summed E-state index contributed by atoms with van der Waals surface area (Å²) in [5, 5.41) is 8.79. The number of carboxylic acids is 1. The molecule has 2 rings (SSSR count). The Balaban J connectivity index is 1.87. The van der Waals surface area contributed by atoms with E-state index in [-0.39, 0.29) is 12.3 Å². The van der Waals surface area contributed by atoms with Crippen LogP contribution < -0.4 is 0 Å². The summed E-state index contributed by atoms with van der Waals surface area (Å²) in [6, 6.07) is 0. The number of rotatable bonds is 4. The van der Waals surface area contributed by atoms with Crippen molar-refractivity contribution in [3.8, 4) is 0 Å². The molecule has 0 radical (unpaired) electrons. The number of hydrogen-bond acceptors (Lipinski definition) is 4. The Bertz CT molecular complexity index is 388. The van der Waals surface area contributed by atoms with E-state index in [0.29, 0.717) is 19.5 Å². The summed E-state index contributed by atoms with van der Waals surface area (Å²) in [6.07, 6.45) is 3.55. The van der Waals surface area contributed by atoms with E-state index in [1.54, 1.807) is 4.90 Å². The summed E-state index contributed by atoms with van der Waals surface area (Å²) in [7, 11) is 0. The molecule has 1 aromatic heterocycles. The zero-order valence-electron chi connectivity index (χ0n) is 8.63. The number of amides is 1. The zero-order valence-corrected chi connectivity index (χ0v) is 8.63. The molecule has 2 heterocycles. The van der Waals surface area contributed by atoms with Crippen molar-refractivity contribution in [1.29, 1.82) is 0 Å². The summed E-state index contributed by atoms with van der Waals surface area (Å²) in [6.45, 7) is 0.793. The van der Waals surface area contributed by atoms with E-state index in [2.05, 4.69) is 4.98 Å². The maximum atomic E-state index is 11.5. The summed E-state index contributed by atoms with van der Waals surface area (Å²) in [5.74, 6) is -1.57. The Labute approximate surface area is 91.9 Å². The van der Waals surface area contributed by atoms with Crippen molar-refractivity contribution in [2.75, 3.05) is 13.1 Å². The van der Waals surface area contributed by atoms with Gasteiger partial charge in [0.2, 0.25) is 5.91 Å². The van der Waals surface area contributed by atoms with Gasteiger partial charge in [-0.25, -0.2) is 4.98 Å². The Hall–Kier alpha value is -1.85. The maximum absolute atomic E-state index is 11.5. The monoisotopic (exact) mass is 224 g/mol. The third kappa shape index (κ3) is 2.21. The van der Waals surface area contributed by atoms with Crippen molar-refractivity contribution in [2.45, 2.75) is 12.8 Å². The minimum Gasteiger partial charge on any atom is -0.481 e. The molecule has 1 aliphatic rings. The molecule has 6 nitrogen and oxygen atoms in total. The van der Waals surface area contributed by atoms with Gasteiger partial charge < -0.3 is 14.4 Å². The topological polar surface area (TPSA) is 83.6 Å². The van der Waals surface area contributed by atoms with Crippen LogP contribution in [0.5, 0.6) is 0 Å². The SMILES string of the molecule is O=C(O)C1CC(=O)N(CCc2cocn2)C1. The molecule has 0 aliphatic carbocycles. The number of carboxylic acid groups (broad SMARTS) is 1. The molecule has 1 aromatic rings. The highest BCUT2D eigenvalue weighted by molar-refractivity contribution is 5.86. The molecule has 6 heteroatoms. The smallest absolute Gasteiger partial charge is 0.308 e. The molecule has 0 aromatic carbocycles. The number of carbonyl (C=O) groups excluding carboxylic acids is 1. The molecular formula is C10H12N2O4. The molecule has 0 spiro atoms. The minimum atomic E-state index is -0.905. The van der Waals surface area contributed by atoms with Crippen molar-refractivity contribution < 1.29 is 19.1 Å². The number of hydrogen-bond donors (Lipinski definition) is 1. The lowest BCUT2D eigenvalue weighted by molar-refractivity contribution is -0.141. The molecule has 1 aliphatic heterocycles. The second-order valence-electron chi connectivity index (χ2n) is 3.81. The standard InChI is InChI=1S/C10H12N2O4/c13-9-3-7(10(14)15)4-12(9)2-1-8-5-16-6-11-8/h5-7H,1-4H2,(H,14,15). The summed E-state index contributed by atoms with van der Waals surface area (Å²) in [4.78, 5) is 27.7. The van der Waals surface area contributed by atoms with Gasteiger partial charge in [-0.05, 0) is 0 Å². The minimum absolute atomic E-state index is 0.101. The molecule has 1 saturated heterocycles. The van der Waals surface area contributed by atoms with Gasteiger partial charge in [0.15, 0.2) is 6.39 Å². The Morgan fingerprint density at radius 2 is 2.50 bits per heavy atom. The number of aromatic nitrogens is 1. The van der Waals surface area contributed by atoms with Gasteiger partial charge in [0.1, 0.15) is 6.26 Å². The number of aliphatic carboxylic acids is 1. The predicted octanol–water partition coefficient (Wildman–Crippen LogP) is 0.150. The number of oxazole rings is 1. The highest BCUT2D eigenvalue weighted by atomic mass is 16.4. The van der Waals surface area contributed by atoms with Crippen molar-refractivity contribution >= 4 is 11.9 Å². The summed E-state index contributed by atoms with van der Waals surface area (Å²) in [5.41, 5.74) is 0.770. The largest absolute Gasteiger partial charge is 0.481 e. The van der Waals surface area contributed by atoms with Crippen molar-refractivity contribution in [3.63, 3.8) is 0 Å². The lowest BCUT2D eigenvalue weighted by atomic mass is 10.1. The van der Waals surface area contributed by atoms with Crippen LogP contribution in [0.3, 0.4) is 0 Å². The van der Waals surface area contributed by atoms with Crippen LogP contribution >= 0.6 is 0 Å². The average molecular weight is 224 g/mol. The van der Waals surface area contributed by atoms with E-state index >= 15 is 0 Å². The van der Waals surface area contributed by atoms with Gasteiger partial charge >= 0.3 is 5.97 Å². The van der Waals surface area contributed by atoms with E-state index in [0.717, 1.165) is 5.69 Å². The first kappa shape index (κ1) is 10.7. The lowest BCUT2D eigenvalue weighted by Gasteiger charge is -2.14. The zero-order chi connectivity index (χ0) is 11.5.